The number of carbonyl (C=O) groups is 7. The van der Waals surface area contributed by atoms with Gasteiger partial charge in [-0.2, -0.15) is 0 Å². The highest BCUT2D eigenvalue weighted by molar-refractivity contribution is 9.19. The minimum Gasteiger partial charge on any atom is -0.508 e. The van der Waals surface area contributed by atoms with E-state index in [1.807, 2.05) is 243 Å². The standard InChI is InChI=1S/C11H9BrN2OS.C9H8N2S.C9H11NO2.C8H8O2.C8H8O.C7H5ClO.C7H6O2.C6H6O.C2H2Br2O.C2H7NO.8C2H6.ClH/c12-6-10(15)14-11-13-9(7-16-11)8-4-2-1-3-5-8;10-9-11-8(6-12-9)7-4-2-1-3-5-7;1-10(12-2)9(11)8-6-4-3-5-7-8;1-6(9)7-2-4-8(10)5-3-7;1-7(9)8-5-3-2-4-6-8;2*8-7(9)6-4-2-1-3-5-6;7-6-4-2-1-3-5-6;3-1-2(4)5;1-3-4-2;8*1-2;/h1-5,7H,6H2,(H,13,14,15);1-6H,(H2,10,11);3-7H,1-2H3;2-5,10H,1H3;2-6H,1H3;1-5H;1-5H,(H,8,9);1-5,7H;1H2;3H,1-2H3;8*1-2H3;1H. The number of carboxylic acid groups (broad SMARTS) is 1. The number of rotatable bonds is 12. The number of carbonyl (C=O) groups excluding carboxylic acids is 6. The lowest BCUT2D eigenvalue weighted by atomic mass is 10.1. The van der Waals surface area contributed by atoms with Gasteiger partial charge < -0.3 is 31.2 Å². The van der Waals surface area contributed by atoms with E-state index in [9.17, 15) is 33.6 Å². The van der Waals surface area contributed by atoms with Gasteiger partial charge in [0.1, 0.15) is 11.5 Å². The number of aromatic carboxylic acids is 1. The number of hydrogen-bond acceptors (Lipinski definition) is 17. The summed E-state index contributed by atoms with van der Waals surface area (Å²) < 4.78 is -0.0162. The summed E-state index contributed by atoms with van der Waals surface area (Å²) in [6, 6.07) is 70.0. The minimum absolute atomic E-state index is 0. The number of nitrogens with two attached hydrogens (primary N) is 1. The number of alkyl halides is 2. The summed E-state index contributed by atoms with van der Waals surface area (Å²) in [7, 11) is 6.32. The van der Waals surface area contributed by atoms with Gasteiger partial charge in [0, 0.05) is 58.2 Å². The van der Waals surface area contributed by atoms with Crippen LogP contribution in [-0.4, -0.2) is 109 Å². The van der Waals surface area contributed by atoms with Crippen LogP contribution in [-0.2, 0) is 19.3 Å². The average molecular weight is 1790 g/mol. The molecule has 0 aliphatic carbocycles. The third-order valence-corrected chi connectivity index (χ3v) is 14.4. The van der Waals surface area contributed by atoms with Crippen molar-refractivity contribution >= 4 is 144 Å². The second kappa shape index (κ2) is 89.3. The molecular weight excluding hydrogens is 1670 g/mol. The molecule has 0 atom stereocenters. The predicted octanol–water partition coefficient (Wildman–Crippen LogP) is 24.9. The van der Waals surface area contributed by atoms with Gasteiger partial charge in [0.25, 0.3) is 11.1 Å². The van der Waals surface area contributed by atoms with E-state index in [1.54, 1.807) is 131 Å². The van der Waals surface area contributed by atoms with Crippen LogP contribution in [0, 0.1) is 0 Å². The lowest BCUT2D eigenvalue weighted by molar-refractivity contribution is -0.113. The van der Waals surface area contributed by atoms with Crippen LogP contribution in [0.1, 0.15) is 176 Å². The Balaban J connectivity index is -0.000000146. The molecule has 2 heterocycles. The maximum atomic E-state index is 11.4. The number of carboxylic acids is 1. The first-order valence-electron chi connectivity index (χ1n) is 35.2. The Bertz CT molecular complexity index is 3560. The van der Waals surface area contributed by atoms with Crippen LogP contribution in [0.3, 0.4) is 0 Å². The Morgan fingerprint density at radius 3 is 1.00 bits per heavy atom. The number of nitrogens with one attached hydrogen (secondary N) is 2. The molecule has 2 aromatic heterocycles. The number of amides is 2. The van der Waals surface area contributed by atoms with Crippen molar-refractivity contribution in [2.24, 2.45) is 0 Å². The predicted molar refractivity (Wildman–Crippen MR) is 482 cm³/mol. The zero-order valence-corrected chi connectivity index (χ0v) is 75.7. The maximum absolute atomic E-state index is 11.4. The molecule has 25 heteroatoms. The molecule has 0 fully saturated rings. The normalized spacial score (nSPS) is 8.24. The number of Topliss-reactive ketones (excluding diaryl/α,β-unsaturated/α-hetero) is 2. The molecule has 18 nitrogen and oxygen atoms in total. The summed E-state index contributed by atoms with van der Waals surface area (Å²) in [5.74, 6) is -0.467. The summed E-state index contributed by atoms with van der Waals surface area (Å²) in [6.07, 6.45) is 0. The minimum atomic E-state index is -0.879. The number of thiazole rings is 2. The molecule has 10 rings (SSSR count). The van der Waals surface area contributed by atoms with Gasteiger partial charge >= 0.3 is 5.97 Å². The van der Waals surface area contributed by atoms with Crippen LogP contribution < -0.4 is 16.5 Å². The Kier molecular flexibility index (Phi) is 97.2. The highest BCUT2D eigenvalue weighted by atomic mass is 79.9. The molecule has 10 aromatic rings. The lowest BCUT2D eigenvalue weighted by Crippen LogP contribution is -2.25. The molecule has 0 aliphatic heterocycles. The molecule has 2 amide bonds. The van der Waals surface area contributed by atoms with E-state index in [4.69, 9.17) is 37.5 Å². The molecule has 0 radical (unpaired) electrons. The van der Waals surface area contributed by atoms with Gasteiger partial charge in [-0.15, -0.1) is 35.1 Å². The van der Waals surface area contributed by atoms with Crippen LogP contribution >= 0.6 is 94.5 Å². The number of hydrogen-bond donors (Lipinski definition) is 6. The Hall–Kier alpha value is -8.59. The van der Waals surface area contributed by atoms with Crippen LogP contribution in [0.2, 0.25) is 0 Å². The van der Waals surface area contributed by atoms with Gasteiger partial charge in [-0.3, -0.25) is 33.6 Å². The summed E-state index contributed by atoms with van der Waals surface area (Å²) in [4.78, 5) is 91.7. The molecule has 608 valence electrons. The first-order valence-corrected chi connectivity index (χ1v) is 40.4. The van der Waals surface area contributed by atoms with Crippen LogP contribution in [0.25, 0.3) is 22.5 Å². The number of halogens is 5. The van der Waals surface area contributed by atoms with Crippen molar-refractivity contribution in [2.45, 2.75) is 125 Å². The van der Waals surface area contributed by atoms with Gasteiger partial charge in [-0.05, 0) is 102 Å². The number of nitrogen functional groups attached to an aromatic ring is 1. The number of hydroxylamine groups is 3. The molecule has 110 heavy (non-hydrogen) atoms. The first-order chi connectivity index (χ1) is 52.6. The fourth-order valence-electron chi connectivity index (χ4n) is 6.05. The van der Waals surface area contributed by atoms with Gasteiger partial charge in [-0.1, -0.05) is 319 Å². The van der Waals surface area contributed by atoms with Crippen molar-refractivity contribution in [3.63, 3.8) is 0 Å². The van der Waals surface area contributed by atoms with Gasteiger partial charge in [0.05, 0.1) is 41.8 Å². The summed E-state index contributed by atoms with van der Waals surface area (Å²) in [5.41, 5.74) is 14.9. The number of benzene rings is 8. The van der Waals surface area contributed by atoms with Crippen LogP contribution in [0.15, 0.2) is 247 Å². The molecule has 0 aliphatic rings. The first kappa shape index (κ1) is 120. The van der Waals surface area contributed by atoms with E-state index in [-0.39, 0.29) is 51.6 Å². The maximum Gasteiger partial charge on any atom is 0.335 e. The molecule has 0 bridgehead atoms. The number of phenols is 2. The number of phenolic OH excluding ortho intramolecular Hbond substituents is 2. The van der Waals surface area contributed by atoms with E-state index >= 15 is 0 Å². The topological polar surface area (TPSA) is 278 Å². The largest absolute Gasteiger partial charge is 0.508 e. The summed E-state index contributed by atoms with van der Waals surface area (Å²) in [6.45, 7) is 35.1. The molecule has 8 aromatic carbocycles. The van der Waals surface area contributed by atoms with Crippen molar-refractivity contribution < 1.29 is 58.6 Å². The smallest absolute Gasteiger partial charge is 0.335 e. The number of aromatic nitrogens is 2. The fraction of sp³-hybridized carbons (Fsp3) is 0.282. The fourth-order valence-corrected chi connectivity index (χ4v) is 7.62. The Morgan fingerprint density at radius 2 is 0.755 bits per heavy atom. The third-order valence-electron chi connectivity index (χ3n) is 10.7. The molecule has 0 saturated heterocycles. The third kappa shape index (κ3) is 68.7. The van der Waals surface area contributed by atoms with Crippen molar-refractivity contribution in [2.75, 3.05) is 50.0 Å². The summed E-state index contributed by atoms with van der Waals surface area (Å²) >= 11 is 16.7. The van der Waals surface area contributed by atoms with E-state index in [1.165, 1.54) is 53.9 Å². The molecule has 0 unspecified atom stereocenters. The lowest BCUT2D eigenvalue weighted by Gasteiger charge is -2.12. The highest BCUT2D eigenvalue weighted by Crippen LogP contribution is 2.25. The van der Waals surface area contributed by atoms with Gasteiger partial charge in [-0.25, -0.2) is 25.3 Å². The molecule has 7 N–H and O–H groups in total. The zero-order valence-electron chi connectivity index (χ0n) is 67.8. The monoisotopic (exact) mass is 1790 g/mol. The second-order valence-electron chi connectivity index (χ2n) is 17.4. The van der Waals surface area contributed by atoms with Crippen molar-refractivity contribution in [1.29, 1.82) is 0 Å². The highest BCUT2D eigenvalue weighted by Gasteiger charge is 2.10. The van der Waals surface area contributed by atoms with E-state index < -0.39 is 11.2 Å². The van der Waals surface area contributed by atoms with Crippen LogP contribution in [0.4, 0.5) is 10.3 Å². The quantitative estimate of drug-likeness (QED) is 0.0287. The SMILES string of the molecule is CC.CC.CC.CC.CC.CC.CC.CC.CC(=O)c1ccc(O)cc1.CC(=O)c1ccccc1.CNOC.CON(C)C(=O)c1ccccc1.Cl.Nc1nc(-c2ccccc2)cs1.O=C(Br)CBr.O=C(CBr)Nc1nc(-c2ccccc2)cs1.O=C(Cl)c1ccccc1.O=C(O)c1ccccc1.Oc1ccccc1. The number of anilines is 2. The number of aromatic hydroxyl groups is 2. The number of ketones is 2. The van der Waals surface area contributed by atoms with Crippen molar-refractivity contribution in [1.82, 2.24) is 20.5 Å². The van der Waals surface area contributed by atoms with E-state index in [0.29, 0.717) is 43.6 Å². The molecule has 0 spiro atoms. The van der Waals surface area contributed by atoms with Crippen LogP contribution in [0.5, 0.6) is 11.5 Å². The van der Waals surface area contributed by atoms with E-state index in [0.717, 1.165) is 28.1 Å². The zero-order chi connectivity index (χ0) is 85.2. The Labute approximate surface area is 701 Å². The summed E-state index contributed by atoms with van der Waals surface area (Å²) in [5, 5.41) is 35.2. The molecule has 0 saturated carbocycles. The van der Waals surface area contributed by atoms with Gasteiger partial charge in [0.15, 0.2) is 21.8 Å². The number of para-hydroxylation sites is 1. The average Bonchev–Trinajstić information content (AvgIpc) is 1.73. The Morgan fingerprint density at radius 1 is 0.464 bits per heavy atom. The van der Waals surface area contributed by atoms with Crippen molar-refractivity contribution in [3.8, 4) is 34.0 Å². The van der Waals surface area contributed by atoms with Crippen molar-refractivity contribution in [3.05, 3.63) is 275 Å². The molecular formula is C85H119Br3Cl2N6O12S2. The van der Waals surface area contributed by atoms with Gasteiger partial charge in [0.2, 0.25) is 10.6 Å². The second-order valence-corrected chi connectivity index (χ2v) is 21.5. The van der Waals surface area contributed by atoms with E-state index in [2.05, 4.69) is 73.4 Å². The number of nitrogens with zero attached hydrogens (tertiary/aromatic N) is 3.